The van der Waals surface area contributed by atoms with Crippen molar-refractivity contribution in [3.8, 4) is 5.75 Å². The van der Waals surface area contributed by atoms with Gasteiger partial charge in [0, 0.05) is 6.04 Å². The highest BCUT2D eigenvalue weighted by atomic mass is 35.5. The molecule has 0 aliphatic carbocycles. The van der Waals surface area contributed by atoms with Crippen molar-refractivity contribution in [2.45, 2.75) is 31.7 Å². The lowest BCUT2D eigenvalue weighted by Gasteiger charge is -2.24. The average Bonchev–Trinajstić information content (AvgIpc) is 2.28. The van der Waals surface area contributed by atoms with Crippen LogP contribution in [0, 0.1) is 0 Å². The summed E-state index contributed by atoms with van der Waals surface area (Å²) in [4.78, 5) is 0. The standard InChI is InChI=1S/C12H14F3NO.ClH/c13-12(14,15)17-10-5-3-4-9(8-10)11-6-1-2-7-16-11;/h3-5,8,11,16H,1-2,6-7H2;1H/t11-;/m0./s1. The third-order valence-electron chi connectivity index (χ3n) is 2.80. The van der Waals surface area contributed by atoms with Crippen LogP contribution in [0.5, 0.6) is 5.75 Å². The number of hydrogen-bond donors (Lipinski definition) is 1. The molecule has 6 heteroatoms. The van der Waals surface area contributed by atoms with E-state index in [1.165, 1.54) is 12.1 Å². The van der Waals surface area contributed by atoms with Crippen LogP contribution in [0.4, 0.5) is 13.2 Å². The zero-order valence-corrected chi connectivity index (χ0v) is 10.5. The monoisotopic (exact) mass is 281 g/mol. The van der Waals surface area contributed by atoms with Crippen molar-refractivity contribution in [3.63, 3.8) is 0 Å². The van der Waals surface area contributed by atoms with Gasteiger partial charge in [-0.05, 0) is 37.1 Å². The first-order valence-corrected chi connectivity index (χ1v) is 5.64. The third kappa shape index (κ3) is 4.38. The van der Waals surface area contributed by atoms with E-state index in [9.17, 15) is 13.2 Å². The number of ether oxygens (including phenoxy) is 1. The molecule has 0 radical (unpaired) electrons. The van der Waals surface area contributed by atoms with Gasteiger partial charge in [0.2, 0.25) is 0 Å². The molecule has 1 saturated heterocycles. The van der Waals surface area contributed by atoms with E-state index in [4.69, 9.17) is 0 Å². The number of halogens is 4. The van der Waals surface area contributed by atoms with Crippen molar-refractivity contribution < 1.29 is 17.9 Å². The Morgan fingerprint density at radius 2 is 2.00 bits per heavy atom. The molecule has 1 heterocycles. The SMILES string of the molecule is Cl.FC(F)(F)Oc1cccc([C@@H]2CCCCN2)c1. The van der Waals surface area contributed by atoms with Crippen LogP contribution in [-0.4, -0.2) is 12.9 Å². The lowest BCUT2D eigenvalue weighted by Crippen LogP contribution is -2.26. The molecule has 1 fully saturated rings. The predicted octanol–water partition coefficient (Wildman–Crippen LogP) is 3.82. The van der Waals surface area contributed by atoms with E-state index in [-0.39, 0.29) is 24.2 Å². The maximum atomic E-state index is 12.1. The molecular weight excluding hydrogens is 267 g/mol. The highest BCUT2D eigenvalue weighted by Crippen LogP contribution is 2.28. The van der Waals surface area contributed by atoms with Crippen molar-refractivity contribution >= 4 is 12.4 Å². The van der Waals surface area contributed by atoms with Crippen LogP contribution in [0.25, 0.3) is 0 Å². The summed E-state index contributed by atoms with van der Waals surface area (Å²) in [6, 6.07) is 6.33. The Balaban J connectivity index is 0.00000162. The van der Waals surface area contributed by atoms with Crippen molar-refractivity contribution in [3.05, 3.63) is 29.8 Å². The molecule has 0 bridgehead atoms. The molecule has 1 aliphatic heterocycles. The smallest absolute Gasteiger partial charge is 0.406 e. The van der Waals surface area contributed by atoms with Gasteiger partial charge in [-0.1, -0.05) is 18.6 Å². The van der Waals surface area contributed by atoms with Crippen LogP contribution in [0.3, 0.4) is 0 Å². The molecule has 102 valence electrons. The molecule has 1 atom stereocenters. The molecule has 2 nitrogen and oxygen atoms in total. The van der Waals surface area contributed by atoms with Gasteiger partial charge in [0.05, 0.1) is 0 Å². The van der Waals surface area contributed by atoms with Gasteiger partial charge in [-0.15, -0.1) is 25.6 Å². The van der Waals surface area contributed by atoms with Gasteiger partial charge in [-0.3, -0.25) is 0 Å². The zero-order valence-electron chi connectivity index (χ0n) is 9.67. The van der Waals surface area contributed by atoms with E-state index in [1.54, 1.807) is 6.07 Å². The Labute approximate surface area is 110 Å². The van der Waals surface area contributed by atoms with Crippen LogP contribution >= 0.6 is 12.4 Å². The van der Waals surface area contributed by atoms with Crippen LogP contribution in [0.15, 0.2) is 24.3 Å². The first-order chi connectivity index (χ1) is 8.04. The lowest BCUT2D eigenvalue weighted by molar-refractivity contribution is -0.274. The molecule has 1 aromatic carbocycles. The molecule has 0 spiro atoms. The van der Waals surface area contributed by atoms with Gasteiger partial charge in [0.1, 0.15) is 5.75 Å². The minimum atomic E-state index is -4.63. The van der Waals surface area contributed by atoms with Gasteiger partial charge in [-0.2, -0.15) is 0 Å². The van der Waals surface area contributed by atoms with E-state index in [2.05, 4.69) is 10.1 Å². The summed E-state index contributed by atoms with van der Waals surface area (Å²) < 4.78 is 40.1. The quantitative estimate of drug-likeness (QED) is 0.890. The Bertz CT molecular complexity index is 378. The summed E-state index contributed by atoms with van der Waals surface area (Å²) >= 11 is 0. The molecule has 0 aromatic heterocycles. The van der Waals surface area contributed by atoms with E-state index in [0.717, 1.165) is 31.4 Å². The Kier molecular flexibility index (Phi) is 5.28. The molecule has 1 aromatic rings. The molecule has 0 saturated carbocycles. The normalized spacial score (nSPS) is 20.1. The van der Waals surface area contributed by atoms with E-state index < -0.39 is 6.36 Å². The maximum absolute atomic E-state index is 12.1. The first kappa shape index (κ1) is 15.1. The number of rotatable bonds is 2. The Morgan fingerprint density at radius 1 is 1.22 bits per heavy atom. The maximum Gasteiger partial charge on any atom is 0.573 e. The highest BCUT2D eigenvalue weighted by molar-refractivity contribution is 5.85. The fraction of sp³-hybridized carbons (Fsp3) is 0.500. The summed E-state index contributed by atoms with van der Waals surface area (Å²) in [6.45, 7) is 0.912. The summed E-state index contributed by atoms with van der Waals surface area (Å²) in [5.41, 5.74) is 0.853. The molecule has 18 heavy (non-hydrogen) atoms. The predicted molar refractivity (Wildman–Crippen MR) is 65.0 cm³/mol. The fourth-order valence-electron chi connectivity index (χ4n) is 2.06. The summed E-state index contributed by atoms with van der Waals surface area (Å²) in [6.07, 6.45) is -1.45. The molecular formula is C12H15ClF3NO. The van der Waals surface area contributed by atoms with E-state index in [0.29, 0.717) is 0 Å². The third-order valence-corrected chi connectivity index (χ3v) is 2.80. The first-order valence-electron chi connectivity index (χ1n) is 5.64. The van der Waals surface area contributed by atoms with Crippen molar-refractivity contribution in [2.24, 2.45) is 0 Å². The second-order valence-corrected chi connectivity index (χ2v) is 4.12. The molecule has 1 N–H and O–H groups in total. The van der Waals surface area contributed by atoms with Crippen LogP contribution in [0.2, 0.25) is 0 Å². The number of hydrogen-bond acceptors (Lipinski definition) is 2. The molecule has 0 amide bonds. The zero-order chi connectivity index (χ0) is 12.3. The number of benzene rings is 1. The second kappa shape index (κ2) is 6.29. The van der Waals surface area contributed by atoms with Gasteiger partial charge < -0.3 is 10.1 Å². The Hall–Kier alpha value is -0.940. The van der Waals surface area contributed by atoms with Gasteiger partial charge in [0.25, 0.3) is 0 Å². The minimum absolute atomic E-state index is 0. The van der Waals surface area contributed by atoms with Gasteiger partial charge >= 0.3 is 6.36 Å². The van der Waals surface area contributed by atoms with E-state index in [1.807, 2.05) is 6.07 Å². The van der Waals surface area contributed by atoms with Gasteiger partial charge in [-0.25, -0.2) is 0 Å². The summed E-state index contributed by atoms with van der Waals surface area (Å²) in [5, 5.41) is 3.29. The molecule has 2 rings (SSSR count). The fourth-order valence-corrected chi connectivity index (χ4v) is 2.06. The molecule has 1 aliphatic rings. The average molecular weight is 282 g/mol. The number of piperidine rings is 1. The van der Waals surface area contributed by atoms with Crippen LogP contribution in [0.1, 0.15) is 30.9 Å². The molecule has 0 unspecified atom stereocenters. The Morgan fingerprint density at radius 3 is 2.61 bits per heavy atom. The largest absolute Gasteiger partial charge is 0.573 e. The van der Waals surface area contributed by atoms with Crippen molar-refractivity contribution in [1.29, 1.82) is 0 Å². The van der Waals surface area contributed by atoms with Gasteiger partial charge in [0.15, 0.2) is 0 Å². The number of alkyl halides is 3. The van der Waals surface area contributed by atoms with Crippen molar-refractivity contribution in [2.75, 3.05) is 6.54 Å². The highest BCUT2D eigenvalue weighted by Gasteiger charge is 2.31. The number of nitrogens with one attached hydrogen (secondary N) is 1. The minimum Gasteiger partial charge on any atom is -0.406 e. The van der Waals surface area contributed by atoms with Crippen molar-refractivity contribution in [1.82, 2.24) is 5.32 Å². The van der Waals surface area contributed by atoms with E-state index >= 15 is 0 Å². The topological polar surface area (TPSA) is 21.3 Å². The van der Waals surface area contributed by atoms with Crippen LogP contribution in [-0.2, 0) is 0 Å². The summed E-state index contributed by atoms with van der Waals surface area (Å²) in [5.74, 6) is -0.151. The summed E-state index contributed by atoms with van der Waals surface area (Å²) in [7, 11) is 0. The van der Waals surface area contributed by atoms with Crippen LogP contribution < -0.4 is 10.1 Å². The lowest BCUT2D eigenvalue weighted by atomic mass is 9.97. The second-order valence-electron chi connectivity index (χ2n) is 4.12.